The Balaban J connectivity index is 1.60. The standard InChI is InChI=1S/C18H23N3S/c1-13(17-5-4-10-21(17)3)19-11-15-6-8-16(9-7-15)18-14(2)20-12-22-18/h6-9,12,17,19H,1,4-5,10-11H2,2-3H3. The molecule has 0 amide bonds. The first-order chi connectivity index (χ1) is 10.6. The summed E-state index contributed by atoms with van der Waals surface area (Å²) in [5.41, 5.74) is 6.68. The molecule has 1 aliphatic heterocycles. The Labute approximate surface area is 136 Å². The van der Waals surface area contributed by atoms with E-state index in [4.69, 9.17) is 0 Å². The Kier molecular flexibility index (Phi) is 4.60. The lowest BCUT2D eigenvalue weighted by atomic mass is 10.1. The van der Waals surface area contributed by atoms with Crippen LogP contribution in [0.2, 0.25) is 0 Å². The molecule has 0 aliphatic carbocycles. The van der Waals surface area contributed by atoms with Gasteiger partial charge in [-0.05, 0) is 44.5 Å². The average Bonchev–Trinajstić information content (AvgIpc) is 3.14. The molecular weight excluding hydrogens is 290 g/mol. The van der Waals surface area contributed by atoms with Gasteiger partial charge in [-0.3, -0.25) is 4.90 Å². The molecule has 4 heteroatoms. The van der Waals surface area contributed by atoms with Crippen LogP contribution in [0.1, 0.15) is 24.1 Å². The number of nitrogens with zero attached hydrogens (tertiary/aromatic N) is 2. The third-order valence-corrected chi connectivity index (χ3v) is 5.38. The lowest BCUT2D eigenvalue weighted by Gasteiger charge is -2.23. The predicted octanol–water partition coefficient (Wildman–Crippen LogP) is 3.82. The largest absolute Gasteiger partial charge is 0.383 e. The highest BCUT2D eigenvalue weighted by Crippen LogP contribution is 2.27. The minimum atomic E-state index is 0.485. The van der Waals surface area contributed by atoms with Gasteiger partial charge >= 0.3 is 0 Å². The Morgan fingerprint density at radius 3 is 2.77 bits per heavy atom. The highest BCUT2D eigenvalue weighted by molar-refractivity contribution is 7.13. The zero-order valence-electron chi connectivity index (χ0n) is 13.3. The monoisotopic (exact) mass is 313 g/mol. The van der Waals surface area contributed by atoms with Crippen LogP contribution in [0.4, 0.5) is 0 Å². The van der Waals surface area contributed by atoms with E-state index in [0.29, 0.717) is 6.04 Å². The molecule has 116 valence electrons. The van der Waals surface area contributed by atoms with E-state index in [1.807, 2.05) is 5.51 Å². The van der Waals surface area contributed by atoms with Gasteiger partial charge in [-0.15, -0.1) is 11.3 Å². The summed E-state index contributed by atoms with van der Waals surface area (Å²) in [5.74, 6) is 0. The summed E-state index contributed by atoms with van der Waals surface area (Å²) in [6.45, 7) is 8.28. The highest BCUT2D eigenvalue weighted by Gasteiger charge is 2.23. The van der Waals surface area contributed by atoms with Gasteiger partial charge in [0, 0.05) is 18.3 Å². The highest BCUT2D eigenvalue weighted by atomic mass is 32.1. The van der Waals surface area contributed by atoms with Crippen molar-refractivity contribution in [3.8, 4) is 10.4 Å². The predicted molar refractivity (Wildman–Crippen MR) is 93.9 cm³/mol. The molecule has 0 spiro atoms. The molecule has 1 aromatic carbocycles. The summed E-state index contributed by atoms with van der Waals surface area (Å²) in [5, 5.41) is 3.49. The molecule has 1 aromatic heterocycles. The topological polar surface area (TPSA) is 28.2 Å². The van der Waals surface area contributed by atoms with Crippen LogP contribution in [0.15, 0.2) is 42.1 Å². The minimum Gasteiger partial charge on any atom is -0.383 e. The number of aryl methyl sites for hydroxylation is 1. The molecule has 1 N–H and O–H groups in total. The van der Waals surface area contributed by atoms with Gasteiger partial charge in [0.15, 0.2) is 0 Å². The number of aromatic nitrogens is 1. The smallest absolute Gasteiger partial charge is 0.0801 e. The van der Waals surface area contributed by atoms with Crippen LogP contribution in [-0.2, 0) is 6.54 Å². The van der Waals surface area contributed by atoms with Crippen molar-refractivity contribution >= 4 is 11.3 Å². The van der Waals surface area contributed by atoms with Crippen LogP contribution in [0.25, 0.3) is 10.4 Å². The third-order valence-electron chi connectivity index (χ3n) is 4.40. The van der Waals surface area contributed by atoms with E-state index in [1.165, 1.54) is 35.4 Å². The molecule has 1 aliphatic rings. The summed E-state index contributed by atoms with van der Waals surface area (Å²) >= 11 is 1.70. The van der Waals surface area contributed by atoms with Crippen molar-refractivity contribution in [2.45, 2.75) is 32.4 Å². The van der Waals surface area contributed by atoms with Crippen molar-refractivity contribution in [3.63, 3.8) is 0 Å². The molecule has 2 aromatic rings. The zero-order chi connectivity index (χ0) is 15.5. The number of hydrogen-bond donors (Lipinski definition) is 1. The van der Waals surface area contributed by atoms with Crippen molar-refractivity contribution in [3.05, 3.63) is 53.3 Å². The Morgan fingerprint density at radius 2 is 2.18 bits per heavy atom. The van der Waals surface area contributed by atoms with E-state index in [1.54, 1.807) is 11.3 Å². The number of likely N-dealkylation sites (N-methyl/N-ethyl adjacent to an activating group) is 1. The van der Waals surface area contributed by atoms with E-state index in [0.717, 1.165) is 17.9 Å². The van der Waals surface area contributed by atoms with Crippen molar-refractivity contribution in [2.24, 2.45) is 0 Å². The number of benzene rings is 1. The van der Waals surface area contributed by atoms with Crippen LogP contribution in [-0.4, -0.2) is 29.5 Å². The van der Waals surface area contributed by atoms with Crippen molar-refractivity contribution in [1.82, 2.24) is 15.2 Å². The molecule has 1 saturated heterocycles. The summed E-state index contributed by atoms with van der Waals surface area (Å²) < 4.78 is 0. The molecule has 1 unspecified atom stereocenters. The Morgan fingerprint density at radius 1 is 1.41 bits per heavy atom. The Hall–Kier alpha value is -1.65. The van der Waals surface area contributed by atoms with Crippen LogP contribution in [0.3, 0.4) is 0 Å². The second-order valence-electron chi connectivity index (χ2n) is 5.98. The summed E-state index contributed by atoms with van der Waals surface area (Å²) in [7, 11) is 2.18. The second kappa shape index (κ2) is 6.63. The van der Waals surface area contributed by atoms with Crippen molar-refractivity contribution in [1.29, 1.82) is 0 Å². The van der Waals surface area contributed by atoms with Gasteiger partial charge in [-0.25, -0.2) is 4.98 Å². The van der Waals surface area contributed by atoms with E-state index < -0.39 is 0 Å². The zero-order valence-corrected chi connectivity index (χ0v) is 14.1. The maximum atomic E-state index is 4.32. The lowest BCUT2D eigenvalue weighted by molar-refractivity contribution is 0.334. The van der Waals surface area contributed by atoms with Gasteiger partial charge in [0.1, 0.15) is 0 Å². The lowest BCUT2D eigenvalue weighted by Crippen LogP contribution is -2.32. The van der Waals surface area contributed by atoms with Gasteiger partial charge in [0.05, 0.1) is 16.1 Å². The van der Waals surface area contributed by atoms with E-state index in [9.17, 15) is 0 Å². The fourth-order valence-electron chi connectivity index (χ4n) is 3.04. The van der Waals surface area contributed by atoms with E-state index >= 15 is 0 Å². The molecule has 0 saturated carbocycles. The van der Waals surface area contributed by atoms with Gasteiger partial charge < -0.3 is 5.32 Å². The number of nitrogens with one attached hydrogen (secondary N) is 1. The number of thiazole rings is 1. The quantitative estimate of drug-likeness (QED) is 0.909. The Bertz CT molecular complexity index is 645. The average molecular weight is 313 g/mol. The molecule has 1 fully saturated rings. The summed E-state index contributed by atoms with van der Waals surface area (Å²) in [4.78, 5) is 7.96. The molecule has 1 atom stereocenters. The van der Waals surface area contributed by atoms with Crippen LogP contribution >= 0.6 is 11.3 Å². The molecular formula is C18H23N3S. The number of hydrogen-bond acceptors (Lipinski definition) is 4. The fraction of sp³-hybridized carbons (Fsp3) is 0.389. The third kappa shape index (κ3) is 3.23. The van der Waals surface area contributed by atoms with Gasteiger partial charge in [0.2, 0.25) is 0 Å². The first-order valence-corrected chi connectivity index (χ1v) is 8.65. The molecule has 2 heterocycles. The maximum absolute atomic E-state index is 4.32. The molecule has 22 heavy (non-hydrogen) atoms. The van der Waals surface area contributed by atoms with Gasteiger partial charge in [0.25, 0.3) is 0 Å². The van der Waals surface area contributed by atoms with Crippen molar-refractivity contribution < 1.29 is 0 Å². The maximum Gasteiger partial charge on any atom is 0.0801 e. The molecule has 0 bridgehead atoms. The van der Waals surface area contributed by atoms with Crippen molar-refractivity contribution in [2.75, 3.05) is 13.6 Å². The fourth-order valence-corrected chi connectivity index (χ4v) is 3.85. The molecule has 0 radical (unpaired) electrons. The van der Waals surface area contributed by atoms with Crippen LogP contribution in [0, 0.1) is 6.92 Å². The van der Waals surface area contributed by atoms with Gasteiger partial charge in [-0.1, -0.05) is 30.8 Å². The summed E-state index contributed by atoms with van der Waals surface area (Å²) in [6, 6.07) is 9.23. The normalized spacial score (nSPS) is 18.5. The number of rotatable bonds is 5. The van der Waals surface area contributed by atoms with E-state index in [2.05, 4.69) is 60.0 Å². The first-order valence-electron chi connectivity index (χ1n) is 7.77. The molecule has 3 rings (SSSR count). The van der Waals surface area contributed by atoms with E-state index in [-0.39, 0.29) is 0 Å². The first kappa shape index (κ1) is 15.3. The molecule has 3 nitrogen and oxygen atoms in total. The second-order valence-corrected chi connectivity index (χ2v) is 6.84. The van der Waals surface area contributed by atoms with Gasteiger partial charge in [-0.2, -0.15) is 0 Å². The summed E-state index contributed by atoms with van der Waals surface area (Å²) in [6.07, 6.45) is 2.48. The SMILES string of the molecule is C=C(NCc1ccc(-c2scnc2C)cc1)C1CCCN1C. The van der Waals surface area contributed by atoms with Crippen LogP contribution < -0.4 is 5.32 Å². The minimum absolute atomic E-state index is 0.485. The number of likely N-dealkylation sites (tertiary alicyclic amines) is 1. The van der Waals surface area contributed by atoms with Crippen LogP contribution in [0.5, 0.6) is 0 Å².